The molecule has 0 aliphatic carbocycles. The van der Waals surface area contributed by atoms with E-state index in [9.17, 15) is 31.5 Å². The molecule has 1 fully saturated rings. The van der Waals surface area contributed by atoms with Crippen molar-refractivity contribution in [3.05, 3.63) is 29.1 Å². The van der Waals surface area contributed by atoms with Gasteiger partial charge in [0.15, 0.2) is 17.4 Å². The summed E-state index contributed by atoms with van der Waals surface area (Å²) < 4.78 is 64.5. The predicted molar refractivity (Wildman–Crippen MR) is 79.5 cm³/mol. The zero-order valence-electron chi connectivity index (χ0n) is 13.1. The number of phenols is 1. The van der Waals surface area contributed by atoms with E-state index in [4.69, 9.17) is 0 Å². The first kappa shape index (κ1) is 18.5. The molecule has 0 atom stereocenters. The minimum atomic E-state index is -3.32. The fraction of sp³-hybridized carbons (Fsp3) is 0.500. The van der Waals surface area contributed by atoms with Crippen molar-refractivity contribution in [1.82, 2.24) is 9.21 Å². The Morgan fingerprint density at radius 3 is 2.29 bits per heavy atom. The van der Waals surface area contributed by atoms with Crippen molar-refractivity contribution in [2.75, 3.05) is 26.4 Å². The third-order valence-corrected chi connectivity index (χ3v) is 5.43. The van der Waals surface area contributed by atoms with Gasteiger partial charge in [-0.1, -0.05) is 0 Å². The number of halogens is 3. The summed E-state index contributed by atoms with van der Waals surface area (Å²) >= 11 is 0. The number of hydrogen-bond acceptors (Lipinski definition) is 4. The van der Waals surface area contributed by atoms with Gasteiger partial charge in [-0.2, -0.15) is 4.39 Å². The van der Waals surface area contributed by atoms with Crippen LogP contribution in [0.25, 0.3) is 0 Å². The molecule has 1 aromatic rings. The zero-order valence-corrected chi connectivity index (χ0v) is 13.9. The summed E-state index contributed by atoms with van der Waals surface area (Å²) in [5.74, 6) is -7.27. The molecule has 1 aromatic carbocycles. The molecular weight excluding hydrogens is 349 g/mol. The average molecular weight is 366 g/mol. The summed E-state index contributed by atoms with van der Waals surface area (Å²) in [5.41, 5.74) is -0.778. The standard InChI is InChI=1S/C14H17F3N2O4S/c1-18(8-3-5-19(6-4-8)24(2,22)23)14(21)9-7-10(15)12(17)13(20)11(9)16/h7-8,20H,3-6H2,1-2H3. The van der Waals surface area contributed by atoms with Gasteiger partial charge in [-0.15, -0.1) is 0 Å². The molecule has 0 spiro atoms. The fourth-order valence-corrected chi connectivity index (χ4v) is 3.54. The summed E-state index contributed by atoms with van der Waals surface area (Å²) in [4.78, 5) is 13.5. The lowest BCUT2D eigenvalue weighted by atomic mass is 10.0. The van der Waals surface area contributed by atoms with Crippen LogP contribution in [0.3, 0.4) is 0 Å². The number of carbonyl (C=O) groups is 1. The van der Waals surface area contributed by atoms with Gasteiger partial charge in [0.25, 0.3) is 5.91 Å². The number of carbonyl (C=O) groups excluding carboxylic acids is 1. The summed E-state index contributed by atoms with van der Waals surface area (Å²) in [6.45, 7) is 0.402. The smallest absolute Gasteiger partial charge is 0.257 e. The minimum absolute atomic E-state index is 0.201. The van der Waals surface area contributed by atoms with Crippen molar-refractivity contribution in [2.45, 2.75) is 18.9 Å². The second kappa shape index (κ2) is 6.60. The van der Waals surface area contributed by atoms with Crippen LogP contribution in [0.5, 0.6) is 5.75 Å². The van der Waals surface area contributed by atoms with Crippen LogP contribution in [0.15, 0.2) is 6.07 Å². The Balaban J connectivity index is 2.17. The van der Waals surface area contributed by atoms with Crippen LogP contribution in [0, 0.1) is 17.5 Å². The highest BCUT2D eigenvalue weighted by Gasteiger charge is 2.31. The number of hydrogen-bond donors (Lipinski definition) is 1. The van der Waals surface area contributed by atoms with Gasteiger partial charge >= 0.3 is 0 Å². The highest BCUT2D eigenvalue weighted by atomic mass is 32.2. The summed E-state index contributed by atoms with van der Waals surface area (Å²) in [5, 5.41) is 9.20. The van der Waals surface area contributed by atoms with E-state index < -0.39 is 44.7 Å². The topological polar surface area (TPSA) is 77.9 Å². The predicted octanol–water partition coefficient (Wildman–Crippen LogP) is 1.31. The molecule has 0 aromatic heterocycles. The molecule has 0 radical (unpaired) electrons. The molecule has 6 nitrogen and oxygen atoms in total. The number of piperidine rings is 1. The normalized spacial score (nSPS) is 17.0. The first-order valence-electron chi connectivity index (χ1n) is 7.12. The summed E-state index contributed by atoms with van der Waals surface area (Å²) in [6.07, 6.45) is 1.74. The maximum atomic E-state index is 13.8. The van der Waals surface area contributed by atoms with Gasteiger partial charge in [0.05, 0.1) is 11.8 Å². The second-order valence-corrected chi connectivity index (χ2v) is 7.67. The van der Waals surface area contributed by atoms with E-state index in [-0.39, 0.29) is 19.1 Å². The number of nitrogens with zero attached hydrogens (tertiary/aromatic N) is 2. The van der Waals surface area contributed by atoms with E-state index in [0.717, 1.165) is 11.2 Å². The van der Waals surface area contributed by atoms with Crippen LogP contribution in [0.1, 0.15) is 23.2 Å². The van der Waals surface area contributed by atoms with Crippen LogP contribution in [0.2, 0.25) is 0 Å². The third kappa shape index (κ3) is 3.48. The Morgan fingerprint density at radius 2 is 1.79 bits per heavy atom. The van der Waals surface area contributed by atoms with Gasteiger partial charge in [0.2, 0.25) is 15.8 Å². The third-order valence-electron chi connectivity index (χ3n) is 4.12. The van der Waals surface area contributed by atoms with E-state index in [1.807, 2.05) is 0 Å². The van der Waals surface area contributed by atoms with E-state index >= 15 is 0 Å². The molecule has 0 saturated carbocycles. The average Bonchev–Trinajstić information content (AvgIpc) is 2.54. The van der Waals surface area contributed by atoms with Crippen LogP contribution in [0.4, 0.5) is 13.2 Å². The van der Waals surface area contributed by atoms with E-state index in [2.05, 4.69) is 0 Å². The van der Waals surface area contributed by atoms with Crippen LogP contribution in [-0.4, -0.2) is 61.1 Å². The van der Waals surface area contributed by atoms with Crippen LogP contribution >= 0.6 is 0 Å². The van der Waals surface area contributed by atoms with Gasteiger partial charge in [-0.25, -0.2) is 21.5 Å². The van der Waals surface area contributed by atoms with Gasteiger partial charge in [-0.05, 0) is 18.9 Å². The lowest BCUT2D eigenvalue weighted by molar-refractivity contribution is 0.0675. The molecule has 1 N–H and O–H groups in total. The summed E-state index contributed by atoms with van der Waals surface area (Å²) in [7, 11) is -1.96. The van der Waals surface area contributed by atoms with Crippen molar-refractivity contribution in [3.63, 3.8) is 0 Å². The molecule has 1 aliphatic heterocycles. The van der Waals surface area contributed by atoms with Crippen LogP contribution < -0.4 is 0 Å². The molecule has 134 valence electrons. The number of rotatable bonds is 3. The van der Waals surface area contributed by atoms with Gasteiger partial charge in [-0.3, -0.25) is 4.79 Å². The first-order valence-corrected chi connectivity index (χ1v) is 8.97. The number of amides is 1. The van der Waals surface area contributed by atoms with Crippen molar-refractivity contribution >= 4 is 15.9 Å². The first-order chi connectivity index (χ1) is 11.0. The van der Waals surface area contributed by atoms with Gasteiger partial charge in [0, 0.05) is 26.2 Å². The fourth-order valence-electron chi connectivity index (χ4n) is 2.66. The molecule has 2 rings (SSSR count). The Hall–Kier alpha value is -1.81. The molecule has 0 bridgehead atoms. The quantitative estimate of drug-likeness (QED) is 0.818. The minimum Gasteiger partial charge on any atom is -0.503 e. The van der Waals surface area contributed by atoms with E-state index in [1.165, 1.54) is 11.4 Å². The van der Waals surface area contributed by atoms with E-state index in [1.54, 1.807) is 0 Å². The van der Waals surface area contributed by atoms with Crippen molar-refractivity contribution in [3.8, 4) is 5.75 Å². The highest BCUT2D eigenvalue weighted by Crippen LogP contribution is 2.27. The Kier molecular flexibility index (Phi) is 5.09. The number of benzene rings is 1. The van der Waals surface area contributed by atoms with Crippen molar-refractivity contribution in [2.24, 2.45) is 0 Å². The lowest BCUT2D eigenvalue weighted by Crippen LogP contribution is -2.47. The number of sulfonamides is 1. The molecule has 1 saturated heterocycles. The van der Waals surface area contributed by atoms with Crippen molar-refractivity contribution < 1.29 is 31.5 Å². The number of phenolic OH excluding ortho intramolecular Hbond substituents is 1. The number of aromatic hydroxyl groups is 1. The molecule has 1 heterocycles. The lowest BCUT2D eigenvalue weighted by Gasteiger charge is -2.35. The second-order valence-electron chi connectivity index (χ2n) is 5.69. The maximum Gasteiger partial charge on any atom is 0.257 e. The monoisotopic (exact) mass is 366 g/mol. The molecule has 0 unspecified atom stereocenters. The maximum absolute atomic E-state index is 13.8. The summed E-state index contributed by atoms with van der Waals surface area (Å²) in [6, 6.07) is 0.0136. The Labute approximate surface area is 137 Å². The van der Waals surface area contributed by atoms with Gasteiger partial charge < -0.3 is 10.0 Å². The zero-order chi connectivity index (χ0) is 18.2. The van der Waals surface area contributed by atoms with Crippen LogP contribution in [-0.2, 0) is 10.0 Å². The Bertz CT molecular complexity index is 762. The largest absolute Gasteiger partial charge is 0.503 e. The molecule has 1 amide bonds. The SMILES string of the molecule is CN(C(=O)c1cc(F)c(F)c(O)c1F)C1CCN(S(C)(=O)=O)CC1. The van der Waals surface area contributed by atoms with E-state index in [0.29, 0.717) is 18.9 Å². The highest BCUT2D eigenvalue weighted by molar-refractivity contribution is 7.88. The molecular formula is C14H17F3N2O4S. The van der Waals surface area contributed by atoms with Crippen molar-refractivity contribution in [1.29, 1.82) is 0 Å². The molecule has 1 aliphatic rings. The molecule has 24 heavy (non-hydrogen) atoms. The van der Waals surface area contributed by atoms with Gasteiger partial charge in [0.1, 0.15) is 0 Å². The Morgan fingerprint density at radius 1 is 1.25 bits per heavy atom. The molecule has 10 heteroatoms.